The van der Waals surface area contributed by atoms with Crippen molar-refractivity contribution < 1.29 is 27.1 Å². The van der Waals surface area contributed by atoms with Crippen LogP contribution in [0.5, 0.6) is 0 Å². The zero-order chi connectivity index (χ0) is 18.5. The summed E-state index contributed by atoms with van der Waals surface area (Å²) in [4.78, 5) is 12.5. The number of rotatable bonds is 2. The fourth-order valence-electron chi connectivity index (χ4n) is 3.14. The molecule has 0 radical (unpaired) electrons. The van der Waals surface area contributed by atoms with Gasteiger partial charge in [-0.05, 0) is 42.5 Å². The standard InChI is InChI=1S/C18H14FNO5S/c19-11-1-3-12(4-2-11)26(23,24)13-5-6-16-14(9-13)15-10-20(18(21)22)8-7-17(15)25-16/h1-6,9H,7-8,10H2,(H,21,22). The number of fused-ring (bicyclic) bond motifs is 3. The van der Waals surface area contributed by atoms with Gasteiger partial charge < -0.3 is 14.4 Å². The smallest absolute Gasteiger partial charge is 0.407 e. The summed E-state index contributed by atoms with van der Waals surface area (Å²) in [5.74, 6) is 0.158. The molecule has 1 amide bonds. The van der Waals surface area contributed by atoms with Gasteiger partial charge in [0, 0.05) is 23.9 Å². The number of sulfone groups is 1. The largest absolute Gasteiger partial charge is 0.465 e. The SMILES string of the molecule is O=C(O)N1CCc2oc3ccc(S(=O)(=O)c4ccc(F)cc4)cc3c2C1. The third kappa shape index (κ3) is 2.62. The van der Waals surface area contributed by atoms with Crippen LogP contribution in [0.1, 0.15) is 11.3 Å². The summed E-state index contributed by atoms with van der Waals surface area (Å²) in [5.41, 5.74) is 1.20. The molecule has 1 aliphatic rings. The molecule has 0 aliphatic carbocycles. The first-order valence-electron chi connectivity index (χ1n) is 7.89. The zero-order valence-corrected chi connectivity index (χ0v) is 14.3. The minimum absolute atomic E-state index is 0.0113. The molecule has 0 atom stereocenters. The minimum atomic E-state index is -3.82. The monoisotopic (exact) mass is 375 g/mol. The summed E-state index contributed by atoms with van der Waals surface area (Å²) in [6.07, 6.45) is -0.587. The van der Waals surface area contributed by atoms with Crippen molar-refractivity contribution in [3.63, 3.8) is 0 Å². The fraction of sp³-hybridized carbons (Fsp3) is 0.167. The number of carboxylic acid groups (broad SMARTS) is 1. The third-order valence-corrected chi connectivity index (χ3v) is 6.28. The predicted molar refractivity (Wildman–Crippen MR) is 90.2 cm³/mol. The summed E-state index contributed by atoms with van der Waals surface area (Å²) in [6.45, 7) is 0.487. The van der Waals surface area contributed by atoms with Crippen LogP contribution >= 0.6 is 0 Å². The first kappa shape index (κ1) is 16.6. The topological polar surface area (TPSA) is 87.8 Å². The predicted octanol–water partition coefficient (Wildman–Crippen LogP) is 3.44. The maximum Gasteiger partial charge on any atom is 0.407 e. The van der Waals surface area contributed by atoms with E-state index in [0.29, 0.717) is 35.3 Å². The highest BCUT2D eigenvalue weighted by Gasteiger charge is 2.27. The highest BCUT2D eigenvalue weighted by atomic mass is 32.2. The second-order valence-electron chi connectivity index (χ2n) is 6.07. The van der Waals surface area contributed by atoms with E-state index in [1.54, 1.807) is 6.07 Å². The van der Waals surface area contributed by atoms with Crippen LogP contribution in [-0.4, -0.2) is 31.1 Å². The van der Waals surface area contributed by atoms with Crippen molar-refractivity contribution >= 4 is 26.9 Å². The lowest BCUT2D eigenvalue weighted by Crippen LogP contribution is -2.34. The number of amides is 1. The second-order valence-corrected chi connectivity index (χ2v) is 8.02. The molecule has 4 rings (SSSR count). The van der Waals surface area contributed by atoms with E-state index >= 15 is 0 Å². The van der Waals surface area contributed by atoms with Gasteiger partial charge >= 0.3 is 6.09 Å². The molecule has 0 saturated carbocycles. The summed E-state index contributed by atoms with van der Waals surface area (Å²) >= 11 is 0. The number of nitrogens with zero attached hydrogens (tertiary/aromatic N) is 1. The van der Waals surface area contributed by atoms with Gasteiger partial charge in [-0.3, -0.25) is 0 Å². The Morgan fingerprint density at radius 3 is 2.50 bits per heavy atom. The lowest BCUT2D eigenvalue weighted by molar-refractivity contribution is 0.138. The Balaban J connectivity index is 1.82. The van der Waals surface area contributed by atoms with Crippen molar-refractivity contribution in [2.75, 3.05) is 6.54 Å². The van der Waals surface area contributed by atoms with E-state index in [0.717, 1.165) is 12.1 Å². The molecule has 1 aromatic heterocycles. The summed E-state index contributed by atoms with van der Waals surface area (Å²) in [6, 6.07) is 9.10. The molecular formula is C18H14FNO5S. The maximum atomic E-state index is 13.1. The molecule has 6 nitrogen and oxygen atoms in total. The van der Waals surface area contributed by atoms with Crippen LogP contribution in [0.4, 0.5) is 9.18 Å². The first-order chi connectivity index (χ1) is 12.4. The molecule has 2 heterocycles. The molecule has 1 aliphatic heterocycles. The van der Waals surface area contributed by atoms with E-state index in [2.05, 4.69) is 0 Å². The number of halogens is 1. The van der Waals surface area contributed by atoms with Gasteiger partial charge in [-0.1, -0.05) is 0 Å². The van der Waals surface area contributed by atoms with Crippen molar-refractivity contribution in [2.24, 2.45) is 0 Å². The number of benzene rings is 2. The number of carbonyl (C=O) groups is 1. The number of furan rings is 1. The van der Waals surface area contributed by atoms with Crippen LogP contribution in [0.2, 0.25) is 0 Å². The summed E-state index contributed by atoms with van der Waals surface area (Å²) < 4.78 is 44.4. The number of hydrogen-bond donors (Lipinski definition) is 1. The summed E-state index contributed by atoms with van der Waals surface area (Å²) in [5, 5.41) is 9.78. The Labute approximate surface area is 148 Å². The van der Waals surface area contributed by atoms with Gasteiger partial charge in [-0.15, -0.1) is 0 Å². The highest BCUT2D eigenvalue weighted by Crippen LogP contribution is 2.33. The summed E-state index contributed by atoms with van der Waals surface area (Å²) in [7, 11) is -3.82. The van der Waals surface area contributed by atoms with E-state index < -0.39 is 21.7 Å². The zero-order valence-electron chi connectivity index (χ0n) is 13.5. The Hall–Kier alpha value is -2.87. The van der Waals surface area contributed by atoms with Gasteiger partial charge in [0.25, 0.3) is 0 Å². The van der Waals surface area contributed by atoms with Crippen LogP contribution in [0.3, 0.4) is 0 Å². The second kappa shape index (κ2) is 5.84. The Kier molecular flexibility index (Phi) is 3.73. The lowest BCUT2D eigenvalue weighted by Gasteiger charge is -2.23. The third-order valence-electron chi connectivity index (χ3n) is 4.51. The van der Waals surface area contributed by atoms with Crippen LogP contribution < -0.4 is 0 Å². The molecule has 0 spiro atoms. The maximum absolute atomic E-state index is 13.1. The van der Waals surface area contributed by atoms with E-state index in [4.69, 9.17) is 4.42 Å². The average Bonchev–Trinajstić information content (AvgIpc) is 2.99. The van der Waals surface area contributed by atoms with Crippen molar-refractivity contribution in [3.05, 3.63) is 59.6 Å². The van der Waals surface area contributed by atoms with Crippen LogP contribution in [0, 0.1) is 5.82 Å². The van der Waals surface area contributed by atoms with Gasteiger partial charge in [0.1, 0.15) is 17.2 Å². The molecule has 0 bridgehead atoms. The molecule has 0 unspecified atom stereocenters. The average molecular weight is 375 g/mol. The Bertz CT molecular complexity index is 1120. The normalized spacial score (nSPS) is 14.4. The highest BCUT2D eigenvalue weighted by molar-refractivity contribution is 7.91. The molecule has 8 heteroatoms. The van der Waals surface area contributed by atoms with Gasteiger partial charge in [0.05, 0.1) is 16.3 Å². The van der Waals surface area contributed by atoms with Crippen molar-refractivity contribution in [3.8, 4) is 0 Å². The molecular weight excluding hydrogens is 361 g/mol. The first-order valence-corrected chi connectivity index (χ1v) is 9.37. The molecule has 2 aromatic carbocycles. The van der Waals surface area contributed by atoms with Crippen molar-refractivity contribution in [2.45, 2.75) is 22.8 Å². The van der Waals surface area contributed by atoms with E-state index in [-0.39, 0.29) is 16.3 Å². The van der Waals surface area contributed by atoms with Crippen LogP contribution in [0.15, 0.2) is 56.7 Å². The van der Waals surface area contributed by atoms with Crippen molar-refractivity contribution in [1.82, 2.24) is 4.90 Å². The van der Waals surface area contributed by atoms with Crippen molar-refractivity contribution in [1.29, 1.82) is 0 Å². The fourth-order valence-corrected chi connectivity index (χ4v) is 4.43. The molecule has 3 aromatic rings. The van der Waals surface area contributed by atoms with Gasteiger partial charge in [0.2, 0.25) is 9.84 Å². The van der Waals surface area contributed by atoms with Gasteiger partial charge in [0.15, 0.2) is 0 Å². The minimum Gasteiger partial charge on any atom is -0.465 e. The van der Waals surface area contributed by atoms with E-state index in [1.165, 1.54) is 29.2 Å². The molecule has 26 heavy (non-hydrogen) atoms. The lowest BCUT2D eigenvalue weighted by atomic mass is 10.1. The van der Waals surface area contributed by atoms with E-state index in [9.17, 15) is 22.7 Å². The molecule has 134 valence electrons. The number of hydrogen-bond acceptors (Lipinski definition) is 4. The van der Waals surface area contributed by atoms with Crippen LogP contribution in [-0.2, 0) is 22.8 Å². The van der Waals surface area contributed by atoms with Gasteiger partial charge in [-0.25, -0.2) is 17.6 Å². The van der Waals surface area contributed by atoms with Gasteiger partial charge in [-0.2, -0.15) is 0 Å². The van der Waals surface area contributed by atoms with E-state index in [1.807, 2.05) is 0 Å². The Morgan fingerprint density at radius 2 is 1.81 bits per heavy atom. The quantitative estimate of drug-likeness (QED) is 0.693. The molecule has 0 saturated heterocycles. The Morgan fingerprint density at radius 1 is 1.12 bits per heavy atom. The molecule has 1 N–H and O–H groups in total. The van der Waals surface area contributed by atoms with Crippen LogP contribution in [0.25, 0.3) is 11.0 Å². The molecule has 0 fully saturated rings.